The van der Waals surface area contributed by atoms with E-state index in [2.05, 4.69) is 76.8 Å². The molecule has 2 unspecified atom stereocenters. The van der Waals surface area contributed by atoms with Crippen molar-refractivity contribution in [3.8, 4) is 19.5 Å². The number of amides is 1. The molecule has 5 rings (SSSR count). The molecule has 0 bridgehead atoms. The van der Waals surface area contributed by atoms with Gasteiger partial charge < -0.3 is 0 Å². The molecule has 1 amide bonds. The minimum atomic E-state index is -2.71. The van der Waals surface area contributed by atoms with Gasteiger partial charge in [-0.1, -0.05) is 19.8 Å². The van der Waals surface area contributed by atoms with Crippen molar-refractivity contribution in [2.24, 2.45) is 11.8 Å². The van der Waals surface area contributed by atoms with Gasteiger partial charge in [0.25, 0.3) is 0 Å². The summed E-state index contributed by atoms with van der Waals surface area (Å²) in [6.07, 6.45) is 18.3. The quantitative estimate of drug-likeness (QED) is 0.0834. The Balaban J connectivity index is 1.51. The van der Waals surface area contributed by atoms with Gasteiger partial charge in [0, 0.05) is 0 Å². The number of rotatable bonds is 20. The molecule has 0 saturated heterocycles. The van der Waals surface area contributed by atoms with Crippen LogP contribution in [-0.4, -0.2) is 30.6 Å². The van der Waals surface area contributed by atoms with Crippen molar-refractivity contribution in [2.45, 2.75) is 155 Å². The first-order valence-corrected chi connectivity index (χ1v) is 26.5. The summed E-state index contributed by atoms with van der Waals surface area (Å²) in [7, 11) is 0. The van der Waals surface area contributed by atoms with E-state index >= 15 is 0 Å². The van der Waals surface area contributed by atoms with Gasteiger partial charge in [-0.3, -0.25) is 0 Å². The Labute approximate surface area is 296 Å². The molecule has 3 aromatic rings. The van der Waals surface area contributed by atoms with E-state index in [-0.39, 0.29) is 0 Å². The Morgan fingerprint density at radius 3 is 1.93 bits per heavy atom. The number of thiophene rings is 3. The number of carbonyl (C=O) groups excluding carboxylic acids is 1. The monoisotopic (exact) mass is 741 g/mol. The van der Waals surface area contributed by atoms with Crippen molar-refractivity contribution in [1.29, 1.82) is 0 Å². The number of nitrogens with zero attached hydrogens (tertiary/aromatic N) is 1. The fourth-order valence-electron chi connectivity index (χ4n) is 8.46. The summed E-state index contributed by atoms with van der Waals surface area (Å²) in [5.41, 5.74) is 2.37. The molecule has 0 fully saturated rings. The van der Waals surface area contributed by atoms with Crippen LogP contribution in [-0.2, 0) is 6.54 Å². The third-order valence-corrected chi connectivity index (χ3v) is 27.0. The zero-order valence-corrected chi connectivity index (χ0v) is 34.7. The zero-order chi connectivity index (χ0) is 32.8. The van der Waals surface area contributed by atoms with E-state index in [1.165, 1.54) is 119 Å². The van der Waals surface area contributed by atoms with Gasteiger partial charge in [0.1, 0.15) is 0 Å². The molecule has 5 heterocycles. The molecule has 6 heteroatoms. The van der Waals surface area contributed by atoms with Crippen molar-refractivity contribution < 1.29 is 4.79 Å². The third-order valence-electron chi connectivity index (χ3n) is 11.2. The second-order valence-corrected chi connectivity index (χ2v) is 26.7. The first kappa shape index (κ1) is 36.4. The molecule has 0 aliphatic carbocycles. The Kier molecular flexibility index (Phi) is 13.2. The Bertz CT molecular complexity index is 1430. The van der Waals surface area contributed by atoms with Crippen molar-refractivity contribution in [2.75, 3.05) is 6.54 Å². The van der Waals surface area contributed by atoms with E-state index in [4.69, 9.17) is 0 Å². The summed E-state index contributed by atoms with van der Waals surface area (Å²) < 4.78 is 3.62. The second-order valence-electron chi connectivity index (χ2n) is 14.6. The van der Waals surface area contributed by atoms with Gasteiger partial charge in [0.15, 0.2) is 0 Å². The summed E-state index contributed by atoms with van der Waals surface area (Å²) in [6.45, 7) is 18.2. The SMILES string of the molecule is CCCCCCCCN1Cc2c(C)sc(-c3c[c]4c(s3)-c3sc(C)c[c]3[Ge]4([CH2]C(CC)CCCC)[CH2]C(CC)CCCC)c2C1=O. The molecule has 0 radical (unpaired) electrons. The van der Waals surface area contributed by atoms with E-state index in [1.807, 2.05) is 27.1 Å². The number of fused-ring (bicyclic) bond motifs is 4. The Morgan fingerprint density at radius 2 is 1.30 bits per heavy atom. The molecule has 2 atom stereocenters. The average molecular weight is 741 g/mol. The number of carbonyl (C=O) groups is 1. The van der Waals surface area contributed by atoms with Gasteiger partial charge >= 0.3 is 278 Å². The van der Waals surface area contributed by atoms with Gasteiger partial charge in [0.2, 0.25) is 0 Å². The molecule has 0 aromatic carbocycles. The predicted molar refractivity (Wildman–Crippen MR) is 210 cm³/mol. The fraction of sp³-hybridized carbons (Fsp3) is 0.675. The molecular weight excluding hydrogens is 679 g/mol. The molecular formula is C40H61GeNOS3. The van der Waals surface area contributed by atoms with Crippen molar-refractivity contribution >= 4 is 62.0 Å². The summed E-state index contributed by atoms with van der Waals surface area (Å²) in [5, 5.41) is 2.91. The predicted octanol–water partition coefficient (Wildman–Crippen LogP) is 12.4. The van der Waals surface area contributed by atoms with Gasteiger partial charge in [-0.15, -0.1) is 0 Å². The van der Waals surface area contributed by atoms with Crippen LogP contribution < -0.4 is 8.79 Å². The van der Waals surface area contributed by atoms with Gasteiger partial charge in [-0.25, -0.2) is 0 Å². The van der Waals surface area contributed by atoms with E-state index in [0.717, 1.165) is 36.9 Å². The van der Waals surface area contributed by atoms with Crippen LogP contribution in [0.3, 0.4) is 0 Å². The molecule has 2 nitrogen and oxygen atoms in total. The molecule has 0 spiro atoms. The van der Waals surface area contributed by atoms with E-state index in [1.54, 1.807) is 14.2 Å². The summed E-state index contributed by atoms with van der Waals surface area (Å²) in [6, 6.07) is 5.33. The van der Waals surface area contributed by atoms with E-state index < -0.39 is 13.3 Å². The van der Waals surface area contributed by atoms with Crippen molar-refractivity contribution in [3.05, 3.63) is 33.0 Å². The number of hydrogen-bond acceptors (Lipinski definition) is 4. The molecule has 0 saturated carbocycles. The normalized spacial score (nSPS) is 18.3. The standard InChI is InChI=1S/C40H61GeNOS3/c1-8-13-16-17-18-19-22-42-27-32-29(7)45-39(36(32)40(42)43)35-24-34-38(46-35)37-33(23-28(6)44-37)41(34,25-30(11-4)20-14-9-2)26-31(12-5)21-15-10-3/h23-24,30-31H,8-22,25-27H2,1-7H3. The van der Waals surface area contributed by atoms with E-state index in [9.17, 15) is 4.79 Å². The van der Waals surface area contributed by atoms with Gasteiger partial charge in [-0.05, 0) is 0 Å². The first-order chi connectivity index (χ1) is 22.3. The number of aryl methyl sites for hydroxylation is 2. The van der Waals surface area contributed by atoms with Crippen LogP contribution in [0.2, 0.25) is 10.5 Å². The molecule has 2 aliphatic heterocycles. The fourth-order valence-corrected chi connectivity index (χ4v) is 28.6. The first-order valence-electron chi connectivity index (χ1n) is 19.0. The van der Waals surface area contributed by atoms with Crippen LogP contribution in [0.25, 0.3) is 19.5 Å². The Hall–Kier alpha value is -0.887. The van der Waals surface area contributed by atoms with Crippen LogP contribution in [0.4, 0.5) is 0 Å². The molecule has 0 N–H and O–H groups in total. The van der Waals surface area contributed by atoms with Crippen LogP contribution in [0.15, 0.2) is 12.1 Å². The summed E-state index contributed by atoms with van der Waals surface area (Å²) in [5.74, 6) is 1.96. The molecule has 46 heavy (non-hydrogen) atoms. The average Bonchev–Trinajstić information content (AvgIpc) is 3.84. The number of hydrogen-bond donors (Lipinski definition) is 0. The minimum absolute atomic E-state index is 0.299. The second kappa shape index (κ2) is 16.7. The van der Waals surface area contributed by atoms with Crippen molar-refractivity contribution in [3.63, 3.8) is 0 Å². The maximum absolute atomic E-state index is 14.0. The van der Waals surface area contributed by atoms with Crippen molar-refractivity contribution in [1.82, 2.24) is 4.90 Å². The summed E-state index contributed by atoms with van der Waals surface area (Å²) in [4.78, 5) is 24.9. The van der Waals surface area contributed by atoms with Crippen LogP contribution in [0.1, 0.15) is 150 Å². The summed E-state index contributed by atoms with van der Waals surface area (Å²) >= 11 is 3.31. The molecule has 254 valence electrons. The molecule has 2 aliphatic rings. The maximum atomic E-state index is 14.0. The van der Waals surface area contributed by atoms with Gasteiger partial charge in [0.05, 0.1) is 0 Å². The van der Waals surface area contributed by atoms with Gasteiger partial charge in [-0.2, -0.15) is 0 Å². The molecule has 3 aromatic heterocycles. The van der Waals surface area contributed by atoms with E-state index in [0.29, 0.717) is 5.91 Å². The third kappa shape index (κ3) is 7.48. The Morgan fingerprint density at radius 1 is 0.717 bits per heavy atom. The van der Waals surface area contributed by atoms with Crippen LogP contribution in [0.5, 0.6) is 0 Å². The van der Waals surface area contributed by atoms with Crippen LogP contribution >= 0.6 is 34.0 Å². The topological polar surface area (TPSA) is 20.3 Å². The zero-order valence-electron chi connectivity index (χ0n) is 30.1. The van der Waals surface area contributed by atoms with Crippen LogP contribution in [0, 0.1) is 25.7 Å². The number of unbranched alkanes of at least 4 members (excludes halogenated alkanes) is 7.